The molecule has 1 saturated heterocycles. The van der Waals surface area contributed by atoms with Crippen LogP contribution < -0.4 is 5.32 Å². The fraction of sp³-hybridized carbons (Fsp3) is 0.696. The zero-order valence-electron chi connectivity index (χ0n) is 18.3. The van der Waals surface area contributed by atoms with Gasteiger partial charge < -0.3 is 15.0 Å². The molecule has 29 heavy (non-hydrogen) atoms. The lowest BCUT2D eigenvalue weighted by Gasteiger charge is -2.32. The zero-order valence-corrected chi connectivity index (χ0v) is 18.3. The van der Waals surface area contributed by atoms with Crippen molar-refractivity contribution in [1.82, 2.24) is 9.88 Å². The summed E-state index contributed by atoms with van der Waals surface area (Å²) in [7, 11) is 0. The number of pyridine rings is 1. The van der Waals surface area contributed by atoms with E-state index in [9.17, 15) is 9.59 Å². The number of esters is 1. The Morgan fingerprint density at radius 3 is 2.31 bits per heavy atom. The molecule has 1 aliphatic heterocycles. The highest BCUT2D eigenvalue weighted by Gasteiger charge is 2.25. The maximum Gasteiger partial charge on any atom is 0.338 e. The number of ether oxygens (including phenoxy) is 1. The van der Waals surface area contributed by atoms with Crippen molar-refractivity contribution in [3.8, 4) is 0 Å². The lowest BCUT2D eigenvalue weighted by atomic mass is 9.86. The Hall–Kier alpha value is -2.11. The average molecular weight is 402 g/mol. The zero-order chi connectivity index (χ0) is 21.0. The van der Waals surface area contributed by atoms with E-state index in [-0.39, 0.29) is 17.9 Å². The smallest absolute Gasteiger partial charge is 0.338 e. The molecular weight excluding hydrogens is 366 g/mol. The van der Waals surface area contributed by atoms with Gasteiger partial charge in [-0.25, -0.2) is 9.78 Å². The van der Waals surface area contributed by atoms with E-state index in [0.717, 1.165) is 50.3 Å². The molecule has 1 amide bonds. The van der Waals surface area contributed by atoms with E-state index < -0.39 is 5.60 Å². The number of carbonyl (C=O) groups is 2. The molecule has 6 nitrogen and oxygen atoms in total. The Morgan fingerprint density at radius 1 is 1.07 bits per heavy atom. The third kappa shape index (κ3) is 6.18. The van der Waals surface area contributed by atoms with E-state index in [2.05, 4.69) is 5.32 Å². The molecule has 1 saturated carbocycles. The minimum Gasteiger partial charge on any atom is -0.456 e. The number of anilines is 1. The van der Waals surface area contributed by atoms with Crippen LogP contribution in [0.25, 0.3) is 0 Å². The van der Waals surface area contributed by atoms with Crippen LogP contribution in [0.5, 0.6) is 0 Å². The first-order valence-corrected chi connectivity index (χ1v) is 11.0. The molecular formula is C23H35N3O3. The van der Waals surface area contributed by atoms with Gasteiger partial charge in [0.1, 0.15) is 11.4 Å². The summed E-state index contributed by atoms with van der Waals surface area (Å²) in [6.07, 6.45) is 7.74. The third-order valence-corrected chi connectivity index (χ3v) is 5.80. The van der Waals surface area contributed by atoms with Crippen LogP contribution in [0, 0.1) is 0 Å². The maximum atomic E-state index is 12.7. The monoisotopic (exact) mass is 401 g/mol. The van der Waals surface area contributed by atoms with Crippen molar-refractivity contribution in [2.24, 2.45) is 0 Å². The fourth-order valence-electron chi connectivity index (χ4n) is 4.24. The van der Waals surface area contributed by atoms with E-state index in [4.69, 9.17) is 9.72 Å². The fourth-order valence-corrected chi connectivity index (χ4v) is 4.24. The number of nitrogens with one attached hydrogen (secondary N) is 1. The number of likely N-dealkylation sites (tertiary alicyclic amines) is 1. The highest BCUT2D eigenvalue weighted by molar-refractivity contribution is 5.90. The lowest BCUT2D eigenvalue weighted by molar-refractivity contribution is -0.129. The van der Waals surface area contributed by atoms with Crippen molar-refractivity contribution in [3.05, 3.63) is 23.4 Å². The number of rotatable bonds is 4. The first-order valence-electron chi connectivity index (χ1n) is 11.0. The van der Waals surface area contributed by atoms with Gasteiger partial charge in [-0.1, -0.05) is 19.3 Å². The molecule has 0 atom stereocenters. The number of hydrogen-bond donors (Lipinski definition) is 1. The predicted octanol–water partition coefficient (Wildman–Crippen LogP) is 4.51. The first kappa shape index (κ1) is 21.6. The number of amides is 1. The molecule has 1 N–H and O–H groups in total. The standard InChI is InChI=1S/C23H35N3O3/c1-16(27)26-12-10-19(11-13-26)24-21-15-18(22(28)29-23(2,3)4)14-20(25-21)17-8-6-5-7-9-17/h14-15,17,19H,5-13H2,1-4H3,(H,24,25). The molecule has 0 aromatic carbocycles. The molecule has 2 aliphatic rings. The molecule has 160 valence electrons. The van der Waals surface area contributed by atoms with Crippen molar-refractivity contribution in [3.63, 3.8) is 0 Å². The molecule has 0 unspecified atom stereocenters. The van der Waals surface area contributed by atoms with Crippen LogP contribution in [0.1, 0.15) is 94.6 Å². The molecule has 1 aliphatic carbocycles. The number of hydrogen-bond acceptors (Lipinski definition) is 5. The topological polar surface area (TPSA) is 71.5 Å². The molecule has 0 radical (unpaired) electrons. The molecule has 2 fully saturated rings. The molecule has 3 rings (SSSR count). The van der Waals surface area contributed by atoms with Gasteiger partial charge in [-0.15, -0.1) is 0 Å². The first-order chi connectivity index (χ1) is 13.7. The summed E-state index contributed by atoms with van der Waals surface area (Å²) >= 11 is 0. The third-order valence-electron chi connectivity index (χ3n) is 5.80. The van der Waals surface area contributed by atoms with Crippen LogP contribution in [-0.2, 0) is 9.53 Å². The normalized spacial score (nSPS) is 19.1. The second-order valence-electron chi connectivity index (χ2n) is 9.43. The van der Waals surface area contributed by atoms with Gasteiger partial charge in [-0.2, -0.15) is 0 Å². The van der Waals surface area contributed by atoms with Crippen LogP contribution >= 0.6 is 0 Å². The lowest BCUT2D eigenvalue weighted by Crippen LogP contribution is -2.41. The Bertz CT molecular complexity index is 727. The second kappa shape index (κ2) is 9.14. The van der Waals surface area contributed by atoms with Gasteiger partial charge in [0.25, 0.3) is 0 Å². The average Bonchev–Trinajstić information content (AvgIpc) is 2.67. The predicted molar refractivity (Wildman–Crippen MR) is 114 cm³/mol. The summed E-state index contributed by atoms with van der Waals surface area (Å²) in [4.78, 5) is 31.1. The minimum atomic E-state index is -0.529. The van der Waals surface area contributed by atoms with Gasteiger partial charge in [0.05, 0.1) is 5.56 Å². The van der Waals surface area contributed by atoms with Crippen LogP contribution in [0.15, 0.2) is 12.1 Å². The SMILES string of the molecule is CC(=O)N1CCC(Nc2cc(C(=O)OC(C)(C)C)cc(C3CCCCC3)n2)CC1. The van der Waals surface area contributed by atoms with Gasteiger partial charge in [-0.05, 0) is 58.6 Å². The van der Waals surface area contributed by atoms with Crippen LogP contribution in [0.3, 0.4) is 0 Å². The minimum absolute atomic E-state index is 0.132. The van der Waals surface area contributed by atoms with Crippen LogP contribution in [0.4, 0.5) is 5.82 Å². The second-order valence-corrected chi connectivity index (χ2v) is 9.43. The van der Waals surface area contributed by atoms with Gasteiger partial charge >= 0.3 is 5.97 Å². The molecule has 0 spiro atoms. The van der Waals surface area contributed by atoms with Crippen molar-refractivity contribution in [2.75, 3.05) is 18.4 Å². The van der Waals surface area contributed by atoms with Crippen LogP contribution in [-0.4, -0.2) is 46.5 Å². The van der Waals surface area contributed by atoms with E-state index in [1.165, 1.54) is 19.3 Å². The molecule has 1 aromatic rings. The Labute approximate surface area is 174 Å². The van der Waals surface area contributed by atoms with E-state index in [1.54, 1.807) is 6.92 Å². The van der Waals surface area contributed by atoms with Crippen molar-refractivity contribution < 1.29 is 14.3 Å². The summed E-state index contributed by atoms with van der Waals surface area (Å²) in [5.74, 6) is 0.987. The van der Waals surface area contributed by atoms with Crippen molar-refractivity contribution in [2.45, 2.75) is 90.2 Å². The van der Waals surface area contributed by atoms with Crippen molar-refractivity contribution >= 4 is 17.7 Å². The number of piperidine rings is 1. The number of aromatic nitrogens is 1. The molecule has 2 heterocycles. The van der Waals surface area contributed by atoms with Gasteiger partial charge in [0.15, 0.2) is 0 Å². The quantitative estimate of drug-likeness (QED) is 0.752. The molecule has 0 bridgehead atoms. The highest BCUT2D eigenvalue weighted by Crippen LogP contribution is 2.33. The maximum absolute atomic E-state index is 12.7. The number of carbonyl (C=O) groups excluding carboxylic acids is 2. The summed E-state index contributed by atoms with van der Waals surface area (Å²) < 4.78 is 5.61. The summed E-state index contributed by atoms with van der Waals surface area (Å²) in [5.41, 5.74) is 1.04. The largest absolute Gasteiger partial charge is 0.456 e. The molecule has 1 aromatic heterocycles. The van der Waals surface area contributed by atoms with E-state index >= 15 is 0 Å². The van der Waals surface area contributed by atoms with Crippen molar-refractivity contribution in [1.29, 1.82) is 0 Å². The van der Waals surface area contributed by atoms with Gasteiger partial charge in [-0.3, -0.25) is 4.79 Å². The summed E-state index contributed by atoms with van der Waals surface area (Å²) in [6, 6.07) is 4.00. The van der Waals surface area contributed by atoms with Gasteiger partial charge in [0.2, 0.25) is 5.91 Å². The number of nitrogens with zero attached hydrogens (tertiary/aromatic N) is 2. The van der Waals surface area contributed by atoms with E-state index in [0.29, 0.717) is 11.5 Å². The Balaban J connectivity index is 1.78. The van der Waals surface area contributed by atoms with E-state index in [1.807, 2.05) is 37.8 Å². The highest BCUT2D eigenvalue weighted by atomic mass is 16.6. The Morgan fingerprint density at radius 2 is 1.72 bits per heavy atom. The summed E-state index contributed by atoms with van der Waals surface area (Å²) in [5, 5.41) is 3.52. The van der Waals surface area contributed by atoms with Crippen LogP contribution in [0.2, 0.25) is 0 Å². The van der Waals surface area contributed by atoms with Gasteiger partial charge in [0, 0.05) is 37.7 Å². The Kier molecular flexibility index (Phi) is 6.81. The molecule has 6 heteroatoms. The summed E-state index contributed by atoms with van der Waals surface area (Å²) in [6.45, 7) is 8.79.